The van der Waals surface area contributed by atoms with Gasteiger partial charge in [-0.3, -0.25) is 19.7 Å². The lowest BCUT2D eigenvalue weighted by atomic mass is 10.1. The van der Waals surface area contributed by atoms with Crippen LogP contribution in [0.5, 0.6) is 11.5 Å². The molecule has 0 radical (unpaired) electrons. The van der Waals surface area contributed by atoms with E-state index >= 15 is 0 Å². The molecular weight excluding hydrogens is 498 g/mol. The monoisotopic (exact) mass is 519 g/mol. The third-order valence-electron chi connectivity index (χ3n) is 5.45. The Morgan fingerprint density at radius 3 is 2.46 bits per heavy atom. The molecule has 0 fully saturated rings. The molecule has 4 rings (SSSR count). The van der Waals surface area contributed by atoms with Gasteiger partial charge in [0, 0.05) is 17.7 Å². The number of carbonyl (C=O) groups excluding carboxylic acids is 2. The fourth-order valence-corrected chi connectivity index (χ4v) is 3.91. The molecule has 0 saturated carbocycles. The van der Waals surface area contributed by atoms with Crippen molar-refractivity contribution in [3.8, 4) is 11.5 Å². The molecule has 0 unspecified atom stereocenters. The summed E-state index contributed by atoms with van der Waals surface area (Å²) in [5.74, 6) is -0.399. The summed E-state index contributed by atoms with van der Waals surface area (Å²) in [7, 11) is 0. The number of hydrogen-bond donors (Lipinski definition) is 0. The van der Waals surface area contributed by atoms with E-state index in [0.717, 1.165) is 5.01 Å². The van der Waals surface area contributed by atoms with E-state index < -0.39 is 16.7 Å². The van der Waals surface area contributed by atoms with Crippen molar-refractivity contribution in [3.63, 3.8) is 0 Å². The molecule has 1 aliphatic heterocycles. The number of nitro groups is 1. The number of ether oxygens (including phenoxy) is 2. The molecule has 2 amide bonds. The van der Waals surface area contributed by atoms with E-state index in [0.29, 0.717) is 40.5 Å². The van der Waals surface area contributed by atoms with Gasteiger partial charge in [0.15, 0.2) is 11.5 Å². The Hall–Kier alpha value is -4.50. The van der Waals surface area contributed by atoms with E-state index in [1.165, 1.54) is 12.1 Å². The van der Waals surface area contributed by atoms with Crippen LogP contribution in [0.4, 0.5) is 5.69 Å². The van der Waals surface area contributed by atoms with E-state index in [2.05, 4.69) is 5.10 Å². The number of nitro benzene ring substituents is 1. The average molecular weight is 520 g/mol. The Morgan fingerprint density at radius 2 is 1.81 bits per heavy atom. The summed E-state index contributed by atoms with van der Waals surface area (Å²) >= 11 is 6.52. The van der Waals surface area contributed by atoms with Crippen LogP contribution >= 0.6 is 11.6 Å². The van der Waals surface area contributed by atoms with Crippen molar-refractivity contribution in [2.75, 3.05) is 6.61 Å². The Bertz CT molecular complexity index is 1420. The fraction of sp³-hybridized carbons (Fsp3) is 0.148. The molecule has 10 heteroatoms. The van der Waals surface area contributed by atoms with Crippen molar-refractivity contribution in [3.05, 3.63) is 104 Å². The normalized spacial score (nSPS) is 14.0. The van der Waals surface area contributed by atoms with Gasteiger partial charge < -0.3 is 9.47 Å². The number of hydrazone groups is 1. The molecule has 0 saturated heterocycles. The van der Waals surface area contributed by atoms with E-state index in [4.69, 9.17) is 21.1 Å². The minimum atomic E-state index is -0.543. The van der Waals surface area contributed by atoms with Crippen LogP contribution in [-0.2, 0) is 11.4 Å². The van der Waals surface area contributed by atoms with Gasteiger partial charge in [0.1, 0.15) is 6.61 Å². The van der Waals surface area contributed by atoms with Gasteiger partial charge in [-0.15, -0.1) is 0 Å². The predicted molar refractivity (Wildman–Crippen MR) is 139 cm³/mol. The average Bonchev–Trinajstić information content (AvgIpc) is 3.17. The molecule has 0 bridgehead atoms. The summed E-state index contributed by atoms with van der Waals surface area (Å²) in [5, 5.41) is 16.1. The summed E-state index contributed by atoms with van der Waals surface area (Å²) in [4.78, 5) is 36.2. The maximum absolute atomic E-state index is 13.0. The second-order valence-corrected chi connectivity index (χ2v) is 8.41. The van der Waals surface area contributed by atoms with Crippen molar-refractivity contribution >= 4 is 40.9 Å². The van der Waals surface area contributed by atoms with E-state index in [1.807, 2.05) is 6.92 Å². The maximum Gasteiger partial charge on any atom is 0.283 e. The third-order valence-corrected chi connectivity index (χ3v) is 5.73. The smallest absolute Gasteiger partial charge is 0.283 e. The molecule has 0 aromatic heterocycles. The minimum Gasteiger partial charge on any atom is -0.490 e. The Balaban J connectivity index is 1.57. The van der Waals surface area contributed by atoms with E-state index in [9.17, 15) is 19.7 Å². The Morgan fingerprint density at radius 1 is 1.11 bits per heavy atom. The topological polar surface area (TPSA) is 111 Å². The molecule has 0 atom stereocenters. The second-order valence-electron chi connectivity index (χ2n) is 8.01. The summed E-state index contributed by atoms with van der Waals surface area (Å²) in [6, 6.07) is 17.7. The number of non-ortho nitro benzene ring substituents is 1. The zero-order chi connectivity index (χ0) is 26.5. The highest BCUT2D eigenvalue weighted by Crippen LogP contribution is 2.38. The predicted octanol–water partition coefficient (Wildman–Crippen LogP) is 5.67. The van der Waals surface area contributed by atoms with Crippen molar-refractivity contribution in [2.45, 2.75) is 20.5 Å². The molecule has 1 heterocycles. The molecule has 0 aliphatic carbocycles. The number of carbonyl (C=O) groups is 2. The van der Waals surface area contributed by atoms with Gasteiger partial charge in [-0.2, -0.15) is 10.1 Å². The molecule has 0 N–H and O–H groups in total. The second kappa shape index (κ2) is 11.0. The maximum atomic E-state index is 13.0. The lowest BCUT2D eigenvalue weighted by Gasteiger charge is -2.15. The molecular formula is C27H22ClN3O6. The van der Waals surface area contributed by atoms with Crippen LogP contribution in [0.25, 0.3) is 6.08 Å². The van der Waals surface area contributed by atoms with Crippen LogP contribution in [0, 0.1) is 10.1 Å². The quantitative estimate of drug-likeness (QED) is 0.164. The lowest BCUT2D eigenvalue weighted by molar-refractivity contribution is -0.384. The lowest BCUT2D eigenvalue weighted by Crippen LogP contribution is -2.29. The van der Waals surface area contributed by atoms with Gasteiger partial charge in [-0.1, -0.05) is 29.8 Å². The number of imide groups is 1. The van der Waals surface area contributed by atoms with Crippen molar-refractivity contribution in [2.24, 2.45) is 5.10 Å². The van der Waals surface area contributed by atoms with Crippen molar-refractivity contribution in [1.82, 2.24) is 5.01 Å². The molecule has 1 aliphatic rings. The van der Waals surface area contributed by atoms with Gasteiger partial charge in [-0.25, -0.2) is 0 Å². The van der Waals surface area contributed by atoms with Crippen molar-refractivity contribution in [1.29, 1.82) is 0 Å². The summed E-state index contributed by atoms with van der Waals surface area (Å²) in [6.07, 6.45) is 1.59. The Kier molecular flexibility index (Phi) is 7.64. The summed E-state index contributed by atoms with van der Waals surface area (Å²) < 4.78 is 11.6. The molecule has 188 valence electrons. The van der Waals surface area contributed by atoms with Crippen LogP contribution in [0.3, 0.4) is 0 Å². The number of rotatable bonds is 8. The van der Waals surface area contributed by atoms with E-state index in [-0.39, 0.29) is 22.9 Å². The van der Waals surface area contributed by atoms with Gasteiger partial charge in [0.25, 0.3) is 17.5 Å². The first-order chi connectivity index (χ1) is 17.8. The standard InChI is InChI=1S/C27H22ClN3O6/c1-3-36-24-15-19(14-23(28)25(24)37-16-18-9-11-21(12-10-18)31(34)35)13-22-17(2)29-30(27(22)33)26(32)20-7-5-4-6-8-20/h4-15H,3,16H2,1-2H3/b22-13+. The third kappa shape index (κ3) is 5.68. The zero-order valence-electron chi connectivity index (χ0n) is 20.0. The van der Waals surface area contributed by atoms with Gasteiger partial charge in [0.05, 0.1) is 27.8 Å². The highest BCUT2D eigenvalue weighted by molar-refractivity contribution is 6.33. The van der Waals surface area contributed by atoms with Crippen LogP contribution < -0.4 is 9.47 Å². The fourth-order valence-electron chi connectivity index (χ4n) is 3.64. The van der Waals surface area contributed by atoms with Gasteiger partial charge in [-0.05, 0) is 67.4 Å². The van der Waals surface area contributed by atoms with Crippen molar-refractivity contribution < 1.29 is 24.0 Å². The number of nitrogens with zero attached hydrogens (tertiary/aromatic N) is 3. The first kappa shape index (κ1) is 25.6. The molecule has 37 heavy (non-hydrogen) atoms. The molecule has 0 spiro atoms. The van der Waals surface area contributed by atoms with Crippen LogP contribution in [0.1, 0.15) is 35.3 Å². The number of amides is 2. The first-order valence-electron chi connectivity index (χ1n) is 11.3. The van der Waals surface area contributed by atoms with E-state index in [1.54, 1.807) is 67.6 Å². The number of halogens is 1. The number of hydrogen-bond acceptors (Lipinski definition) is 7. The van der Waals surface area contributed by atoms with Crippen LogP contribution in [0.2, 0.25) is 5.02 Å². The van der Waals surface area contributed by atoms with Gasteiger partial charge in [0.2, 0.25) is 0 Å². The largest absolute Gasteiger partial charge is 0.490 e. The molecule has 9 nitrogen and oxygen atoms in total. The number of benzene rings is 3. The molecule has 3 aromatic rings. The van der Waals surface area contributed by atoms with Gasteiger partial charge >= 0.3 is 0 Å². The molecule has 3 aromatic carbocycles. The van der Waals surface area contributed by atoms with Crippen LogP contribution in [0.15, 0.2) is 77.4 Å². The highest BCUT2D eigenvalue weighted by Gasteiger charge is 2.33. The first-order valence-corrected chi connectivity index (χ1v) is 11.7. The highest BCUT2D eigenvalue weighted by atomic mass is 35.5. The Labute approximate surface area is 217 Å². The minimum absolute atomic E-state index is 0.0153. The van der Waals surface area contributed by atoms with Crippen LogP contribution in [-0.4, -0.2) is 34.1 Å². The SMILES string of the molecule is CCOc1cc(/C=C2/C(=O)N(C(=O)c3ccccc3)N=C2C)cc(Cl)c1OCc1ccc([N+](=O)[O-])cc1. The summed E-state index contributed by atoms with van der Waals surface area (Å²) in [6.45, 7) is 3.90. The zero-order valence-corrected chi connectivity index (χ0v) is 20.8. The summed E-state index contributed by atoms with van der Waals surface area (Å²) in [5.41, 5.74) is 2.25.